The minimum Gasteiger partial charge on any atom is -0.459 e. The summed E-state index contributed by atoms with van der Waals surface area (Å²) >= 11 is 1.34. The number of nitrogens with one attached hydrogen (secondary N) is 1. The summed E-state index contributed by atoms with van der Waals surface area (Å²) in [6.45, 7) is 11.5. The zero-order chi connectivity index (χ0) is 17.0. The van der Waals surface area contributed by atoms with Crippen LogP contribution >= 0.6 is 11.3 Å². The molecule has 0 amide bonds. The van der Waals surface area contributed by atoms with Crippen molar-refractivity contribution in [3.63, 3.8) is 0 Å². The third-order valence-electron chi connectivity index (χ3n) is 2.34. The molecule has 124 valence electrons. The zero-order valence-electron chi connectivity index (χ0n) is 14.1. The Bertz CT molecular complexity index is 523. The Hall–Kier alpha value is -1.40. The number of carbonyl (C=O) groups is 2. The van der Waals surface area contributed by atoms with Gasteiger partial charge in [0, 0.05) is 6.54 Å². The lowest BCUT2D eigenvalue weighted by Gasteiger charge is -2.20. The second-order valence-electron chi connectivity index (χ2n) is 6.97. The lowest BCUT2D eigenvalue weighted by molar-refractivity contribution is -0.153. The van der Waals surface area contributed by atoms with Crippen LogP contribution in [0.2, 0.25) is 0 Å². The highest BCUT2D eigenvalue weighted by molar-refractivity contribution is 7.12. The molecule has 0 aromatic carbocycles. The molecule has 0 saturated heterocycles. The Labute approximate surface area is 136 Å². The van der Waals surface area contributed by atoms with Gasteiger partial charge in [-0.15, -0.1) is 11.3 Å². The lowest BCUT2D eigenvalue weighted by atomic mass is 10.2. The minimum absolute atomic E-state index is 0.0981. The van der Waals surface area contributed by atoms with Gasteiger partial charge >= 0.3 is 11.9 Å². The van der Waals surface area contributed by atoms with Crippen LogP contribution in [-0.2, 0) is 20.8 Å². The highest BCUT2D eigenvalue weighted by atomic mass is 32.1. The van der Waals surface area contributed by atoms with Crippen LogP contribution < -0.4 is 5.32 Å². The maximum atomic E-state index is 12.1. The predicted molar refractivity (Wildman–Crippen MR) is 87.0 cm³/mol. The van der Waals surface area contributed by atoms with E-state index in [0.717, 1.165) is 5.56 Å². The first-order valence-electron chi connectivity index (χ1n) is 7.20. The molecule has 0 radical (unpaired) electrons. The maximum Gasteiger partial charge on any atom is 0.349 e. The van der Waals surface area contributed by atoms with Crippen LogP contribution in [0.15, 0.2) is 11.4 Å². The van der Waals surface area contributed by atoms with E-state index in [1.807, 2.05) is 53.0 Å². The van der Waals surface area contributed by atoms with Gasteiger partial charge in [-0.05, 0) is 58.6 Å². The molecule has 6 heteroatoms. The van der Waals surface area contributed by atoms with E-state index in [2.05, 4.69) is 5.32 Å². The first-order valence-corrected chi connectivity index (χ1v) is 8.08. The molecule has 0 unspecified atom stereocenters. The maximum absolute atomic E-state index is 12.1. The summed E-state index contributed by atoms with van der Waals surface area (Å²) in [5, 5.41) is 4.83. The summed E-state index contributed by atoms with van der Waals surface area (Å²) in [7, 11) is 0. The number of ether oxygens (including phenoxy) is 2. The molecule has 0 aliphatic carbocycles. The van der Waals surface area contributed by atoms with E-state index in [-0.39, 0.29) is 18.5 Å². The molecule has 1 N–H and O–H groups in total. The largest absolute Gasteiger partial charge is 0.459 e. The molecule has 1 rings (SSSR count). The van der Waals surface area contributed by atoms with Crippen LogP contribution in [0.5, 0.6) is 0 Å². The number of hydrogen-bond acceptors (Lipinski definition) is 6. The molecule has 0 spiro atoms. The summed E-state index contributed by atoms with van der Waals surface area (Å²) in [4.78, 5) is 24.3. The van der Waals surface area contributed by atoms with E-state index >= 15 is 0 Å². The van der Waals surface area contributed by atoms with E-state index in [1.54, 1.807) is 0 Å². The smallest absolute Gasteiger partial charge is 0.349 e. The van der Waals surface area contributed by atoms with Crippen molar-refractivity contribution >= 4 is 23.3 Å². The first-order chi connectivity index (χ1) is 9.98. The lowest BCUT2D eigenvalue weighted by Crippen LogP contribution is -2.31. The summed E-state index contributed by atoms with van der Waals surface area (Å²) in [5.41, 5.74) is -0.201. The van der Waals surface area contributed by atoms with Gasteiger partial charge in [-0.25, -0.2) is 4.79 Å². The molecule has 1 aromatic heterocycles. The van der Waals surface area contributed by atoms with Gasteiger partial charge in [0.1, 0.15) is 16.1 Å². The first kappa shape index (κ1) is 18.6. The number of rotatable bonds is 5. The number of esters is 2. The van der Waals surface area contributed by atoms with Gasteiger partial charge in [-0.2, -0.15) is 0 Å². The minimum atomic E-state index is -0.526. The summed E-state index contributed by atoms with van der Waals surface area (Å²) in [6, 6.07) is 1.85. The molecule has 0 fully saturated rings. The van der Waals surface area contributed by atoms with Crippen LogP contribution in [0.4, 0.5) is 0 Å². The standard InChI is InChI=1S/C16H25NO4S/c1-15(2,3)20-12(18)10-17-9-11-7-8-22-13(11)14(19)21-16(4,5)6/h7-8,17H,9-10H2,1-6H3. The number of thiophene rings is 1. The fourth-order valence-electron chi connectivity index (χ4n) is 1.66. The molecule has 1 heterocycles. The van der Waals surface area contributed by atoms with Crippen LogP contribution in [-0.4, -0.2) is 29.7 Å². The molecule has 0 atom stereocenters. The average molecular weight is 327 g/mol. The van der Waals surface area contributed by atoms with Crippen molar-refractivity contribution in [2.45, 2.75) is 59.3 Å². The van der Waals surface area contributed by atoms with Crippen molar-refractivity contribution in [1.29, 1.82) is 0 Å². The Morgan fingerprint density at radius 1 is 1.09 bits per heavy atom. The fourth-order valence-corrected chi connectivity index (χ4v) is 2.45. The van der Waals surface area contributed by atoms with Gasteiger partial charge in [0.2, 0.25) is 0 Å². The van der Waals surface area contributed by atoms with Crippen LogP contribution in [0.1, 0.15) is 56.8 Å². The number of hydrogen-bond donors (Lipinski definition) is 1. The van der Waals surface area contributed by atoms with Crippen molar-refractivity contribution in [2.75, 3.05) is 6.54 Å². The monoisotopic (exact) mass is 327 g/mol. The Morgan fingerprint density at radius 3 is 2.23 bits per heavy atom. The fraction of sp³-hybridized carbons (Fsp3) is 0.625. The third kappa shape index (κ3) is 7.04. The Balaban J connectivity index is 2.53. The quantitative estimate of drug-likeness (QED) is 0.842. The molecule has 0 aliphatic heterocycles. The van der Waals surface area contributed by atoms with Crippen molar-refractivity contribution in [1.82, 2.24) is 5.32 Å². The summed E-state index contributed by atoms with van der Waals surface area (Å²) in [5.74, 6) is -0.655. The molecule has 0 bridgehead atoms. The highest BCUT2D eigenvalue weighted by Crippen LogP contribution is 2.21. The molecule has 0 aliphatic rings. The summed E-state index contributed by atoms with van der Waals surface area (Å²) < 4.78 is 10.6. The van der Waals surface area contributed by atoms with Crippen molar-refractivity contribution in [2.24, 2.45) is 0 Å². The average Bonchev–Trinajstić information content (AvgIpc) is 2.72. The molecule has 0 saturated carbocycles. The molecular weight excluding hydrogens is 302 g/mol. The Morgan fingerprint density at radius 2 is 1.68 bits per heavy atom. The van der Waals surface area contributed by atoms with Crippen LogP contribution in [0.3, 0.4) is 0 Å². The second-order valence-corrected chi connectivity index (χ2v) is 7.88. The van der Waals surface area contributed by atoms with Crippen LogP contribution in [0, 0.1) is 0 Å². The highest BCUT2D eigenvalue weighted by Gasteiger charge is 2.21. The Kier molecular flexibility index (Phi) is 6.14. The SMILES string of the molecule is CC(C)(C)OC(=O)CNCc1ccsc1C(=O)OC(C)(C)C. The van der Waals surface area contributed by atoms with Gasteiger partial charge in [0.25, 0.3) is 0 Å². The van der Waals surface area contributed by atoms with Crippen molar-refractivity contribution in [3.8, 4) is 0 Å². The second kappa shape index (κ2) is 7.24. The van der Waals surface area contributed by atoms with Crippen molar-refractivity contribution in [3.05, 3.63) is 21.9 Å². The molecule has 5 nitrogen and oxygen atoms in total. The third-order valence-corrected chi connectivity index (χ3v) is 3.27. The number of carbonyl (C=O) groups excluding carboxylic acids is 2. The van der Waals surface area contributed by atoms with Gasteiger partial charge in [-0.3, -0.25) is 4.79 Å². The van der Waals surface area contributed by atoms with Crippen molar-refractivity contribution < 1.29 is 19.1 Å². The van der Waals surface area contributed by atoms with Gasteiger partial charge < -0.3 is 14.8 Å². The van der Waals surface area contributed by atoms with E-state index in [1.165, 1.54) is 11.3 Å². The van der Waals surface area contributed by atoms with Crippen LogP contribution in [0.25, 0.3) is 0 Å². The van der Waals surface area contributed by atoms with Gasteiger partial charge in [0.15, 0.2) is 0 Å². The van der Waals surface area contributed by atoms with Gasteiger partial charge in [-0.1, -0.05) is 0 Å². The molecular formula is C16H25NO4S. The normalized spacial score (nSPS) is 12.1. The van der Waals surface area contributed by atoms with E-state index in [4.69, 9.17) is 9.47 Å². The van der Waals surface area contributed by atoms with E-state index in [9.17, 15) is 9.59 Å². The van der Waals surface area contributed by atoms with E-state index < -0.39 is 11.2 Å². The zero-order valence-corrected chi connectivity index (χ0v) is 14.9. The predicted octanol–water partition coefficient (Wildman–Crippen LogP) is 3.13. The van der Waals surface area contributed by atoms with E-state index in [0.29, 0.717) is 11.4 Å². The summed E-state index contributed by atoms with van der Waals surface area (Å²) in [6.07, 6.45) is 0. The molecule has 1 aromatic rings. The molecule has 22 heavy (non-hydrogen) atoms. The van der Waals surface area contributed by atoms with Gasteiger partial charge in [0.05, 0.1) is 6.54 Å². The topological polar surface area (TPSA) is 64.6 Å².